The van der Waals surface area contributed by atoms with Crippen LogP contribution < -0.4 is 0 Å². The van der Waals surface area contributed by atoms with E-state index >= 15 is 0 Å². The summed E-state index contributed by atoms with van der Waals surface area (Å²) in [6.07, 6.45) is -9.15. The van der Waals surface area contributed by atoms with E-state index in [9.17, 15) is 30.6 Å². The van der Waals surface area contributed by atoms with Gasteiger partial charge in [-0.05, 0) is 12.8 Å². The lowest BCUT2D eigenvalue weighted by molar-refractivity contribution is -0.348. The Kier molecular flexibility index (Phi) is 8.36. The minimum Gasteiger partial charge on any atom is -0.394 e. The fourth-order valence-corrected chi connectivity index (χ4v) is 2.85. The second kappa shape index (κ2) is 10.0. The minimum atomic E-state index is -1.64. The Balaban J connectivity index is 1.97. The Morgan fingerprint density at radius 2 is 1.73 bits per heavy atom. The number of hydrogen-bond donors (Lipinski definition) is 6. The molecule has 0 saturated carbocycles. The Morgan fingerprint density at radius 1 is 1.00 bits per heavy atom. The third-order valence-corrected chi connectivity index (χ3v) is 4.40. The van der Waals surface area contributed by atoms with E-state index < -0.39 is 61.9 Å². The van der Waals surface area contributed by atoms with Crippen LogP contribution in [-0.2, 0) is 18.9 Å². The Labute approximate surface area is 151 Å². The highest BCUT2D eigenvalue weighted by atomic mass is 16.7. The summed E-state index contributed by atoms with van der Waals surface area (Å²) in [5, 5.41) is 59.2. The molecule has 2 fully saturated rings. The predicted octanol–water partition coefficient (Wildman–Crippen LogP) is -2.77. The normalized spacial score (nSPS) is 44.0. The molecule has 6 N–H and O–H groups in total. The van der Waals surface area contributed by atoms with Crippen LogP contribution in [0.5, 0.6) is 0 Å². The van der Waals surface area contributed by atoms with Crippen LogP contribution in [0.4, 0.5) is 0 Å². The molecule has 0 amide bonds. The smallest absolute Gasteiger partial charge is 0.187 e. The number of hydrogen-bond acceptors (Lipinski definition) is 10. The van der Waals surface area contributed by atoms with E-state index in [4.69, 9.17) is 18.9 Å². The van der Waals surface area contributed by atoms with E-state index in [0.717, 1.165) is 6.42 Å². The average molecular weight is 380 g/mol. The maximum absolute atomic E-state index is 10.4. The molecule has 0 unspecified atom stereocenters. The van der Waals surface area contributed by atoms with Gasteiger partial charge < -0.3 is 49.6 Å². The molecule has 9 atom stereocenters. The lowest BCUT2D eigenvalue weighted by Crippen LogP contribution is -2.63. The summed E-state index contributed by atoms with van der Waals surface area (Å²) < 4.78 is 21.4. The van der Waals surface area contributed by atoms with Crippen molar-refractivity contribution in [1.82, 2.24) is 0 Å². The fourth-order valence-electron chi connectivity index (χ4n) is 2.85. The zero-order valence-corrected chi connectivity index (χ0v) is 14.3. The summed E-state index contributed by atoms with van der Waals surface area (Å²) >= 11 is 0. The summed E-state index contributed by atoms with van der Waals surface area (Å²) in [5.41, 5.74) is 0. The summed E-state index contributed by atoms with van der Waals surface area (Å²) in [7, 11) is 0. The van der Waals surface area contributed by atoms with Gasteiger partial charge in [0.25, 0.3) is 0 Å². The molecule has 0 spiro atoms. The Morgan fingerprint density at radius 3 is 2.38 bits per heavy atom. The number of aliphatic hydroxyl groups excluding tert-OH is 6. The van der Waals surface area contributed by atoms with E-state index in [-0.39, 0.29) is 6.61 Å². The van der Waals surface area contributed by atoms with Gasteiger partial charge in [0.15, 0.2) is 12.6 Å². The molecule has 2 heterocycles. The SMILES string of the molecule is C=CCCCO[C@@H]1OC[C@@H](O)[C@H](O[C@@H]2O[C@H](CO)[C@H](O)[C@H](O)[C@H]2O)[C@H]1O. The maximum Gasteiger partial charge on any atom is 0.187 e. The van der Waals surface area contributed by atoms with E-state index in [2.05, 4.69) is 6.58 Å². The van der Waals surface area contributed by atoms with Crippen molar-refractivity contribution in [1.29, 1.82) is 0 Å². The molecule has 0 aromatic heterocycles. The van der Waals surface area contributed by atoms with Crippen molar-refractivity contribution in [2.45, 2.75) is 68.1 Å². The van der Waals surface area contributed by atoms with Crippen molar-refractivity contribution in [2.24, 2.45) is 0 Å². The summed E-state index contributed by atoms with van der Waals surface area (Å²) in [6, 6.07) is 0. The van der Waals surface area contributed by atoms with Crippen LogP contribution >= 0.6 is 0 Å². The molecule has 10 nitrogen and oxygen atoms in total. The van der Waals surface area contributed by atoms with E-state index in [1.165, 1.54) is 0 Å². The first-order chi connectivity index (χ1) is 12.4. The molecule has 0 aromatic carbocycles. The first-order valence-electron chi connectivity index (χ1n) is 8.57. The summed E-state index contributed by atoms with van der Waals surface area (Å²) in [4.78, 5) is 0. The third kappa shape index (κ3) is 4.98. The van der Waals surface area contributed by atoms with E-state index in [1.54, 1.807) is 6.08 Å². The van der Waals surface area contributed by atoms with Gasteiger partial charge in [0.2, 0.25) is 0 Å². The van der Waals surface area contributed by atoms with Gasteiger partial charge in [0.1, 0.15) is 42.7 Å². The number of unbranched alkanes of at least 4 members (excludes halogenated alkanes) is 1. The van der Waals surface area contributed by atoms with Crippen LogP contribution in [0.1, 0.15) is 12.8 Å². The van der Waals surface area contributed by atoms with Gasteiger partial charge in [0, 0.05) is 0 Å². The molecule has 26 heavy (non-hydrogen) atoms. The van der Waals surface area contributed by atoms with E-state index in [1.807, 2.05) is 0 Å². The van der Waals surface area contributed by atoms with Crippen LogP contribution in [-0.4, -0.2) is 106 Å². The van der Waals surface area contributed by atoms with Gasteiger partial charge in [-0.2, -0.15) is 0 Å². The largest absolute Gasteiger partial charge is 0.394 e. The van der Waals surface area contributed by atoms with Crippen LogP contribution in [0.2, 0.25) is 0 Å². The number of rotatable bonds is 8. The number of aliphatic hydroxyl groups is 6. The van der Waals surface area contributed by atoms with Gasteiger partial charge in [-0.25, -0.2) is 0 Å². The van der Waals surface area contributed by atoms with Crippen molar-refractivity contribution in [3.05, 3.63) is 12.7 Å². The van der Waals surface area contributed by atoms with E-state index in [0.29, 0.717) is 13.0 Å². The second-order valence-corrected chi connectivity index (χ2v) is 6.36. The summed E-state index contributed by atoms with van der Waals surface area (Å²) in [5.74, 6) is 0. The molecule has 10 heteroatoms. The standard InChI is InChI=1S/C16H28O10/c1-2-3-4-5-23-15-13(22)14(8(18)7-24-15)26-16-12(21)11(20)10(19)9(6-17)25-16/h2,8-22H,1,3-7H2/t8-,9-,10+,11+,12-,13-,14+,15-,16+/m1/s1. The van der Waals surface area contributed by atoms with Crippen molar-refractivity contribution in [2.75, 3.05) is 19.8 Å². The molecule has 0 bridgehead atoms. The van der Waals surface area contributed by atoms with Gasteiger partial charge in [-0.1, -0.05) is 6.08 Å². The zero-order chi connectivity index (χ0) is 19.3. The highest BCUT2D eigenvalue weighted by molar-refractivity contribution is 4.91. The molecule has 2 aliphatic rings. The van der Waals surface area contributed by atoms with Gasteiger partial charge in [-0.3, -0.25) is 0 Å². The topological polar surface area (TPSA) is 158 Å². The monoisotopic (exact) mass is 380 g/mol. The number of ether oxygens (including phenoxy) is 4. The third-order valence-electron chi connectivity index (χ3n) is 4.40. The van der Waals surface area contributed by atoms with Crippen molar-refractivity contribution >= 4 is 0 Å². The lowest BCUT2D eigenvalue weighted by atomic mass is 9.98. The summed E-state index contributed by atoms with van der Waals surface area (Å²) in [6.45, 7) is 3.11. The molecular formula is C16H28O10. The average Bonchev–Trinajstić information content (AvgIpc) is 2.63. The van der Waals surface area contributed by atoms with Gasteiger partial charge in [0.05, 0.1) is 19.8 Å². The maximum atomic E-state index is 10.4. The number of allylic oxidation sites excluding steroid dienone is 1. The molecule has 0 aliphatic carbocycles. The molecule has 0 radical (unpaired) electrons. The molecular weight excluding hydrogens is 352 g/mol. The van der Waals surface area contributed by atoms with Gasteiger partial charge >= 0.3 is 0 Å². The van der Waals surface area contributed by atoms with Crippen molar-refractivity contribution in [3.8, 4) is 0 Å². The van der Waals surface area contributed by atoms with Crippen LogP contribution in [0.3, 0.4) is 0 Å². The van der Waals surface area contributed by atoms with Crippen molar-refractivity contribution < 1.29 is 49.6 Å². The Bertz CT molecular complexity index is 433. The highest BCUT2D eigenvalue weighted by Crippen LogP contribution is 2.27. The van der Waals surface area contributed by atoms with Crippen LogP contribution in [0.15, 0.2) is 12.7 Å². The molecule has 2 aliphatic heterocycles. The molecule has 2 saturated heterocycles. The zero-order valence-electron chi connectivity index (χ0n) is 14.3. The predicted molar refractivity (Wildman–Crippen MR) is 85.8 cm³/mol. The molecule has 2 rings (SSSR count). The van der Waals surface area contributed by atoms with Crippen LogP contribution in [0.25, 0.3) is 0 Å². The van der Waals surface area contributed by atoms with Crippen molar-refractivity contribution in [3.63, 3.8) is 0 Å². The fraction of sp³-hybridized carbons (Fsp3) is 0.875. The Hall–Kier alpha value is -0.660. The first-order valence-corrected chi connectivity index (χ1v) is 8.57. The molecule has 152 valence electrons. The highest BCUT2D eigenvalue weighted by Gasteiger charge is 2.48. The second-order valence-electron chi connectivity index (χ2n) is 6.36. The minimum absolute atomic E-state index is 0.175. The van der Waals surface area contributed by atoms with Gasteiger partial charge in [-0.15, -0.1) is 6.58 Å². The molecule has 0 aromatic rings. The lowest BCUT2D eigenvalue weighted by Gasteiger charge is -2.44. The first kappa shape index (κ1) is 21.6. The van der Waals surface area contributed by atoms with Crippen LogP contribution in [0, 0.1) is 0 Å². The quantitative estimate of drug-likeness (QED) is 0.192.